The Labute approximate surface area is 103 Å². The van der Waals surface area contributed by atoms with Crippen LogP contribution in [0.2, 0.25) is 0 Å². The normalized spacial score (nSPS) is 25.0. The highest BCUT2D eigenvalue weighted by Gasteiger charge is 2.27. The quantitative estimate of drug-likeness (QED) is 0.865. The molecule has 0 saturated carbocycles. The molecule has 0 radical (unpaired) electrons. The van der Waals surface area contributed by atoms with Crippen molar-refractivity contribution in [2.75, 3.05) is 18.0 Å². The van der Waals surface area contributed by atoms with E-state index in [1.807, 2.05) is 19.2 Å². The molecule has 1 aromatic rings. The molecule has 0 aromatic carbocycles. The van der Waals surface area contributed by atoms with Gasteiger partial charge in [-0.1, -0.05) is 13.3 Å². The Morgan fingerprint density at radius 1 is 1.53 bits per heavy atom. The minimum absolute atomic E-state index is 0.433. The Morgan fingerprint density at radius 3 is 3.00 bits per heavy atom. The topological polar surface area (TPSA) is 55.0 Å². The molecule has 2 N–H and O–H groups in total. The number of aromatic nitrogens is 2. The van der Waals surface area contributed by atoms with E-state index >= 15 is 0 Å². The average molecular weight is 234 g/mol. The highest BCUT2D eigenvalue weighted by molar-refractivity contribution is 5.39. The van der Waals surface area contributed by atoms with Crippen molar-refractivity contribution >= 4 is 5.82 Å². The van der Waals surface area contributed by atoms with Crippen molar-refractivity contribution in [1.82, 2.24) is 9.97 Å². The first-order valence-electron chi connectivity index (χ1n) is 6.51. The summed E-state index contributed by atoms with van der Waals surface area (Å²) in [5.74, 6) is 2.68. The number of hydrogen-bond acceptors (Lipinski definition) is 4. The van der Waals surface area contributed by atoms with Crippen LogP contribution in [0.4, 0.5) is 5.82 Å². The van der Waals surface area contributed by atoms with Gasteiger partial charge in [-0.05, 0) is 31.7 Å². The van der Waals surface area contributed by atoms with E-state index in [0.717, 1.165) is 24.1 Å². The number of nitrogens with two attached hydrogens (primary N) is 1. The summed E-state index contributed by atoms with van der Waals surface area (Å²) in [7, 11) is 0. The van der Waals surface area contributed by atoms with Crippen LogP contribution >= 0.6 is 0 Å². The van der Waals surface area contributed by atoms with E-state index < -0.39 is 0 Å². The number of piperidine rings is 1. The first-order chi connectivity index (χ1) is 8.24. The summed E-state index contributed by atoms with van der Waals surface area (Å²) >= 11 is 0. The van der Waals surface area contributed by atoms with E-state index in [0.29, 0.717) is 12.6 Å². The minimum Gasteiger partial charge on any atom is -0.352 e. The standard InChI is InChI=1S/C13H22N4/c1-3-11-5-7-17(12(8-11)9-14)13-4-6-15-10(2)16-13/h4,6,11-12H,3,5,7-9,14H2,1-2H3. The van der Waals surface area contributed by atoms with Crippen LogP contribution < -0.4 is 10.6 Å². The molecule has 1 fully saturated rings. The fourth-order valence-corrected chi connectivity index (χ4v) is 2.63. The molecule has 17 heavy (non-hydrogen) atoms. The van der Waals surface area contributed by atoms with E-state index in [1.165, 1.54) is 19.3 Å². The Kier molecular flexibility index (Phi) is 3.94. The summed E-state index contributed by atoms with van der Waals surface area (Å²) in [5.41, 5.74) is 5.90. The second-order valence-electron chi connectivity index (χ2n) is 4.84. The van der Waals surface area contributed by atoms with Crippen molar-refractivity contribution < 1.29 is 0 Å². The fraction of sp³-hybridized carbons (Fsp3) is 0.692. The maximum absolute atomic E-state index is 5.90. The highest BCUT2D eigenvalue weighted by Crippen LogP contribution is 2.28. The maximum atomic E-state index is 5.90. The number of anilines is 1. The summed E-state index contributed by atoms with van der Waals surface area (Å²) in [5, 5.41) is 0. The molecule has 4 heteroatoms. The molecule has 2 atom stereocenters. The predicted octanol–water partition coefficient (Wildman–Crippen LogP) is 1.74. The molecule has 1 aromatic heterocycles. The van der Waals surface area contributed by atoms with Crippen molar-refractivity contribution in [3.05, 3.63) is 18.1 Å². The maximum Gasteiger partial charge on any atom is 0.132 e. The zero-order valence-corrected chi connectivity index (χ0v) is 10.8. The third-order valence-corrected chi connectivity index (χ3v) is 3.73. The molecule has 0 spiro atoms. The summed E-state index contributed by atoms with van der Waals surface area (Å²) in [6.07, 6.45) is 5.52. The van der Waals surface area contributed by atoms with Crippen LogP contribution in [0.15, 0.2) is 12.3 Å². The zero-order valence-electron chi connectivity index (χ0n) is 10.8. The van der Waals surface area contributed by atoms with Gasteiger partial charge in [0.05, 0.1) is 0 Å². The second-order valence-corrected chi connectivity index (χ2v) is 4.84. The Bertz CT molecular complexity index is 366. The number of hydrogen-bond donors (Lipinski definition) is 1. The van der Waals surface area contributed by atoms with Crippen LogP contribution in [-0.4, -0.2) is 29.1 Å². The van der Waals surface area contributed by atoms with Gasteiger partial charge < -0.3 is 10.6 Å². The van der Waals surface area contributed by atoms with E-state index in [9.17, 15) is 0 Å². The van der Waals surface area contributed by atoms with Crippen LogP contribution in [0.1, 0.15) is 32.0 Å². The van der Waals surface area contributed by atoms with Gasteiger partial charge in [0.2, 0.25) is 0 Å². The summed E-state index contributed by atoms with van der Waals surface area (Å²) in [4.78, 5) is 11.0. The van der Waals surface area contributed by atoms with E-state index in [1.54, 1.807) is 0 Å². The van der Waals surface area contributed by atoms with Gasteiger partial charge in [-0.2, -0.15) is 0 Å². The molecule has 0 aliphatic carbocycles. The zero-order chi connectivity index (χ0) is 12.3. The lowest BCUT2D eigenvalue weighted by molar-refractivity contribution is 0.334. The van der Waals surface area contributed by atoms with Crippen LogP contribution in [-0.2, 0) is 0 Å². The predicted molar refractivity (Wildman–Crippen MR) is 70.0 cm³/mol. The van der Waals surface area contributed by atoms with Crippen molar-refractivity contribution in [2.24, 2.45) is 11.7 Å². The third-order valence-electron chi connectivity index (χ3n) is 3.73. The lowest BCUT2D eigenvalue weighted by atomic mass is 9.89. The van der Waals surface area contributed by atoms with E-state index in [-0.39, 0.29) is 0 Å². The molecule has 1 aliphatic heterocycles. The van der Waals surface area contributed by atoms with Crippen molar-refractivity contribution in [3.8, 4) is 0 Å². The third kappa shape index (κ3) is 2.75. The monoisotopic (exact) mass is 234 g/mol. The summed E-state index contributed by atoms with van der Waals surface area (Å²) < 4.78 is 0. The van der Waals surface area contributed by atoms with Crippen LogP contribution in [0.3, 0.4) is 0 Å². The van der Waals surface area contributed by atoms with Crippen molar-refractivity contribution in [2.45, 2.75) is 39.2 Å². The lowest BCUT2D eigenvalue weighted by Crippen LogP contribution is -2.47. The summed E-state index contributed by atoms with van der Waals surface area (Å²) in [6, 6.07) is 2.42. The van der Waals surface area contributed by atoms with Gasteiger partial charge in [0.1, 0.15) is 11.6 Å². The van der Waals surface area contributed by atoms with Gasteiger partial charge >= 0.3 is 0 Å². The number of aryl methyl sites for hydroxylation is 1. The Morgan fingerprint density at radius 2 is 2.35 bits per heavy atom. The molecule has 2 unspecified atom stereocenters. The molecule has 1 aliphatic rings. The van der Waals surface area contributed by atoms with Crippen LogP contribution in [0, 0.1) is 12.8 Å². The van der Waals surface area contributed by atoms with Crippen molar-refractivity contribution in [3.63, 3.8) is 0 Å². The van der Waals surface area contributed by atoms with Gasteiger partial charge in [0, 0.05) is 25.3 Å². The van der Waals surface area contributed by atoms with Crippen LogP contribution in [0.5, 0.6) is 0 Å². The molecule has 4 nitrogen and oxygen atoms in total. The minimum atomic E-state index is 0.433. The molecule has 1 saturated heterocycles. The molecular formula is C13H22N4. The van der Waals surface area contributed by atoms with Gasteiger partial charge in [-0.25, -0.2) is 9.97 Å². The van der Waals surface area contributed by atoms with E-state index in [2.05, 4.69) is 21.8 Å². The smallest absolute Gasteiger partial charge is 0.132 e. The molecule has 2 heterocycles. The highest BCUT2D eigenvalue weighted by atomic mass is 15.2. The van der Waals surface area contributed by atoms with Crippen LogP contribution in [0.25, 0.3) is 0 Å². The van der Waals surface area contributed by atoms with Gasteiger partial charge in [-0.15, -0.1) is 0 Å². The summed E-state index contributed by atoms with van der Waals surface area (Å²) in [6.45, 7) is 5.97. The Balaban J connectivity index is 2.15. The second kappa shape index (κ2) is 5.45. The first-order valence-corrected chi connectivity index (χ1v) is 6.51. The van der Waals surface area contributed by atoms with Gasteiger partial charge in [0.15, 0.2) is 0 Å². The van der Waals surface area contributed by atoms with Crippen molar-refractivity contribution in [1.29, 1.82) is 0 Å². The Hall–Kier alpha value is -1.16. The van der Waals surface area contributed by atoms with Gasteiger partial charge in [-0.3, -0.25) is 0 Å². The molecule has 94 valence electrons. The molecule has 0 amide bonds. The lowest BCUT2D eigenvalue weighted by Gasteiger charge is -2.39. The number of rotatable bonds is 3. The molecule has 0 bridgehead atoms. The van der Waals surface area contributed by atoms with E-state index in [4.69, 9.17) is 5.73 Å². The van der Waals surface area contributed by atoms with Gasteiger partial charge in [0.25, 0.3) is 0 Å². The largest absolute Gasteiger partial charge is 0.352 e. The molecule has 2 rings (SSSR count). The first kappa shape index (κ1) is 12.3. The molecular weight excluding hydrogens is 212 g/mol. The fourth-order valence-electron chi connectivity index (χ4n) is 2.63. The average Bonchev–Trinajstić information content (AvgIpc) is 2.38. The SMILES string of the molecule is CCC1CCN(c2ccnc(C)n2)C(CN)C1. The number of nitrogens with zero attached hydrogens (tertiary/aromatic N) is 3.